The maximum atomic E-state index is 12.1. The summed E-state index contributed by atoms with van der Waals surface area (Å²) in [7, 11) is 0. The van der Waals surface area contributed by atoms with E-state index < -0.39 is 10.8 Å². The molecule has 2 aromatic rings. The smallest absolute Gasteiger partial charge is 0.282 e. The van der Waals surface area contributed by atoms with Crippen LogP contribution in [0, 0.1) is 10.1 Å². The number of nitro benzene ring substituents is 1. The largest absolute Gasteiger partial charge is 0.290 e. The molecule has 0 bridgehead atoms. The maximum absolute atomic E-state index is 12.1. The summed E-state index contributed by atoms with van der Waals surface area (Å²) >= 11 is 1.55. The normalized spacial score (nSPS) is 13.0. The van der Waals surface area contributed by atoms with Crippen LogP contribution >= 0.6 is 11.8 Å². The van der Waals surface area contributed by atoms with Crippen molar-refractivity contribution in [2.75, 3.05) is 11.1 Å². The van der Waals surface area contributed by atoms with Crippen molar-refractivity contribution in [2.24, 2.45) is 0 Å². The van der Waals surface area contributed by atoms with Gasteiger partial charge in [-0.2, -0.15) is 0 Å². The molecule has 1 aliphatic rings. The Morgan fingerprint density at radius 1 is 1.40 bits per heavy atom. The number of para-hydroxylation sites is 1. The van der Waals surface area contributed by atoms with Gasteiger partial charge in [-0.3, -0.25) is 24.8 Å². The number of anilines is 1. The highest BCUT2D eigenvalue weighted by atomic mass is 32.2. The molecule has 1 amide bonds. The first kappa shape index (κ1) is 12.6. The molecule has 0 saturated heterocycles. The number of nitro groups is 1. The number of carbonyl (C=O) groups is 1. The van der Waals surface area contributed by atoms with Gasteiger partial charge in [-0.25, -0.2) is 0 Å². The molecule has 1 aliphatic heterocycles. The summed E-state index contributed by atoms with van der Waals surface area (Å²) in [5.41, 5.74) is -0.235. The highest BCUT2D eigenvalue weighted by Gasteiger charge is 2.23. The molecule has 0 spiro atoms. The molecule has 0 aliphatic carbocycles. The Kier molecular flexibility index (Phi) is 3.11. The zero-order valence-electron chi connectivity index (χ0n) is 10.1. The van der Waals surface area contributed by atoms with Gasteiger partial charge in [0.2, 0.25) is 5.95 Å². The summed E-state index contributed by atoms with van der Waals surface area (Å²) in [4.78, 5) is 22.5. The first-order valence-corrected chi connectivity index (χ1v) is 6.76. The van der Waals surface area contributed by atoms with Crippen LogP contribution in [0.5, 0.6) is 0 Å². The van der Waals surface area contributed by atoms with E-state index in [4.69, 9.17) is 0 Å². The second-order valence-electron chi connectivity index (χ2n) is 4.03. The van der Waals surface area contributed by atoms with Crippen LogP contribution in [0.25, 0.3) is 0 Å². The predicted molar refractivity (Wildman–Crippen MR) is 71.8 cm³/mol. The number of thioether (sulfide) groups is 1. The summed E-state index contributed by atoms with van der Waals surface area (Å²) in [6, 6.07) is 5.79. The lowest BCUT2D eigenvalue weighted by molar-refractivity contribution is -0.385. The lowest BCUT2D eigenvalue weighted by Gasteiger charge is -2.05. The van der Waals surface area contributed by atoms with Crippen LogP contribution in [0.3, 0.4) is 0 Å². The molecule has 1 N–H and O–H groups in total. The summed E-state index contributed by atoms with van der Waals surface area (Å²) in [5, 5.41) is 22.0. The molecule has 102 valence electrons. The lowest BCUT2D eigenvalue weighted by Crippen LogP contribution is -2.17. The Morgan fingerprint density at radius 3 is 3.00 bits per heavy atom. The zero-order valence-corrected chi connectivity index (χ0v) is 11.0. The molecular formula is C11H9N5O3S. The van der Waals surface area contributed by atoms with Gasteiger partial charge in [0.15, 0.2) is 5.16 Å². The minimum atomic E-state index is -0.584. The van der Waals surface area contributed by atoms with Gasteiger partial charge in [-0.15, -0.1) is 10.2 Å². The number of hydrogen-bond acceptors (Lipinski definition) is 6. The second kappa shape index (κ2) is 4.93. The van der Waals surface area contributed by atoms with Gasteiger partial charge >= 0.3 is 0 Å². The summed E-state index contributed by atoms with van der Waals surface area (Å²) in [6.07, 6.45) is 0. The van der Waals surface area contributed by atoms with Crippen molar-refractivity contribution in [1.82, 2.24) is 14.8 Å². The predicted octanol–water partition coefficient (Wildman–Crippen LogP) is 1.54. The Labute approximate surface area is 117 Å². The van der Waals surface area contributed by atoms with Gasteiger partial charge in [0.05, 0.1) is 4.92 Å². The number of nitrogens with zero attached hydrogens (tertiary/aromatic N) is 4. The van der Waals surface area contributed by atoms with Crippen LogP contribution < -0.4 is 5.32 Å². The van der Waals surface area contributed by atoms with Crippen LogP contribution in [0.4, 0.5) is 11.6 Å². The van der Waals surface area contributed by atoms with Crippen molar-refractivity contribution in [2.45, 2.75) is 11.7 Å². The van der Waals surface area contributed by atoms with Gasteiger partial charge < -0.3 is 0 Å². The molecular weight excluding hydrogens is 282 g/mol. The van der Waals surface area contributed by atoms with Gasteiger partial charge in [0.25, 0.3) is 11.6 Å². The molecule has 0 fully saturated rings. The SMILES string of the molecule is O=C(Nc1nnc2n1CCS2)c1ccccc1[N+](=O)[O-]. The standard InChI is InChI=1S/C11H9N5O3S/c17-9(7-3-1-2-4-8(7)16(18)19)12-10-13-14-11-15(10)5-6-20-11/h1-4H,5-6H2,(H,12,13,17). The molecule has 0 radical (unpaired) electrons. The Bertz CT molecular complexity index is 699. The number of hydrogen-bond donors (Lipinski definition) is 1. The highest BCUT2D eigenvalue weighted by molar-refractivity contribution is 7.99. The first-order chi connectivity index (χ1) is 9.66. The van der Waals surface area contributed by atoms with E-state index in [1.54, 1.807) is 22.4 Å². The van der Waals surface area contributed by atoms with Crippen molar-refractivity contribution < 1.29 is 9.72 Å². The number of nitrogens with one attached hydrogen (secondary N) is 1. The molecule has 1 aromatic carbocycles. The van der Waals surface area contributed by atoms with Crippen LogP contribution in [0.2, 0.25) is 0 Å². The molecule has 8 nitrogen and oxygen atoms in total. The van der Waals surface area contributed by atoms with Crippen molar-refractivity contribution in [3.63, 3.8) is 0 Å². The van der Waals surface area contributed by atoms with Crippen LogP contribution in [0.1, 0.15) is 10.4 Å². The first-order valence-electron chi connectivity index (χ1n) is 5.77. The van der Waals surface area contributed by atoms with Crippen molar-refractivity contribution in [3.8, 4) is 0 Å². The Morgan fingerprint density at radius 2 is 2.20 bits per heavy atom. The van der Waals surface area contributed by atoms with Gasteiger partial charge in [-0.1, -0.05) is 23.9 Å². The van der Waals surface area contributed by atoms with E-state index in [1.807, 2.05) is 0 Å². The minimum absolute atomic E-state index is 0.000463. The average Bonchev–Trinajstić information content (AvgIpc) is 3.03. The van der Waals surface area contributed by atoms with Crippen molar-refractivity contribution in [1.29, 1.82) is 0 Å². The third-order valence-electron chi connectivity index (χ3n) is 2.83. The van der Waals surface area contributed by atoms with E-state index in [9.17, 15) is 14.9 Å². The minimum Gasteiger partial charge on any atom is -0.290 e. The average molecular weight is 291 g/mol. The molecule has 20 heavy (non-hydrogen) atoms. The molecule has 0 unspecified atom stereocenters. The molecule has 0 atom stereocenters. The zero-order chi connectivity index (χ0) is 14.1. The van der Waals surface area contributed by atoms with Crippen LogP contribution in [-0.2, 0) is 6.54 Å². The fourth-order valence-electron chi connectivity index (χ4n) is 1.91. The summed E-state index contributed by atoms with van der Waals surface area (Å²) in [5.74, 6) is 0.622. The lowest BCUT2D eigenvalue weighted by atomic mass is 10.1. The fourth-order valence-corrected chi connectivity index (χ4v) is 2.80. The third kappa shape index (κ3) is 2.11. The van der Waals surface area contributed by atoms with E-state index in [-0.39, 0.29) is 11.3 Å². The van der Waals surface area contributed by atoms with E-state index in [1.165, 1.54) is 18.2 Å². The van der Waals surface area contributed by atoms with Crippen LogP contribution in [0.15, 0.2) is 29.4 Å². The van der Waals surface area contributed by atoms with Gasteiger partial charge in [0, 0.05) is 18.4 Å². The quantitative estimate of drug-likeness (QED) is 0.679. The van der Waals surface area contributed by atoms with Gasteiger partial charge in [-0.05, 0) is 6.07 Å². The highest BCUT2D eigenvalue weighted by Crippen LogP contribution is 2.27. The molecule has 3 rings (SSSR count). The molecule has 2 heterocycles. The maximum Gasteiger partial charge on any atom is 0.282 e. The number of carbonyl (C=O) groups excluding carboxylic acids is 1. The van der Waals surface area contributed by atoms with Crippen molar-refractivity contribution in [3.05, 3.63) is 39.9 Å². The van der Waals surface area contributed by atoms with E-state index in [2.05, 4.69) is 15.5 Å². The molecule has 0 saturated carbocycles. The number of rotatable bonds is 3. The van der Waals surface area contributed by atoms with Crippen LogP contribution in [-0.4, -0.2) is 31.3 Å². The number of amides is 1. The molecule has 9 heteroatoms. The fraction of sp³-hybridized carbons (Fsp3) is 0.182. The van der Waals surface area contributed by atoms with E-state index in [0.717, 1.165) is 10.9 Å². The van der Waals surface area contributed by atoms with E-state index >= 15 is 0 Å². The molecule has 1 aromatic heterocycles. The third-order valence-corrected chi connectivity index (χ3v) is 3.78. The topological polar surface area (TPSA) is 103 Å². The second-order valence-corrected chi connectivity index (χ2v) is 5.10. The number of fused-ring (bicyclic) bond motifs is 1. The van der Waals surface area contributed by atoms with E-state index in [0.29, 0.717) is 12.5 Å². The Hall–Kier alpha value is -2.42. The Balaban J connectivity index is 1.88. The van der Waals surface area contributed by atoms with Gasteiger partial charge in [0.1, 0.15) is 5.56 Å². The summed E-state index contributed by atoms with van der Waals surface area (Å²) in [6.45, 7) is 0.708. The van der Waals surface area contributed by atoms with Crippen molar-refractivity contribution >= 4 is 29.3 Å². The number of benzene rings is 1. The summed E-state index contributed by atoms with van der Waals surface area (Å²) < 4.78 is 1.78. The number of aromatic nitrogens is 3. The monoisotopic (exact) mass is 291 g/mol.